The molecule has 5 heteroatoms. The predicted octanol–water partition coefficient (Wildman–Crippen LogP) is 5.24. The van der Waals surface area contributed by atoms with Crippen molar-refractivity contribution in [2.24, 2.45) is 0 Å². The minimum absolute atomic E-state index is 0.259. The second-order valence-corrected chi connectivity index (χ2v) is 7.02. The van der Waals surface area contributed by atoms with E-state index in [1.165, 1.54) is 12.1 Å². The van der Waals surface area contributed by atoms with Gasteiger partial charge < -0.3 is 0 Å². The molecule has 3 aromatic carbocycles. The zero-order valence-corrected chi connectivity index (χ0v) is 15.7. The van der Waals surface area contributed by atoms with E-state index in [1.54, 1.807) is 12.1 Å². The van der Waals surface area contributed by atoms with Crippen molar-refractivity contribution in [3.8, 4) is 0 Å². The van der Waals surface area contributed by atoms with Gasteiger partial charge in [0, 0.05) is 10.8 Å². The number of fused-ring (bicyclic) bond motifs is 2. The van der Waals surface area contributed by atoms with Crippen molar-refractivity contribution in [1.82, 2.24) is 19.6 Å². The topological polar surface area (TPSA) is 35.6 Å². The maximum absolute atomic E-state index is 13.6. The highest BCUT2D eigenvalue weighted by Crippen LogP contribution is 2.30. The van der Waals surface area contributed by atoms with Crippen LogP contribution in [0.25, 0.3) is 21.8 Å². The van der Waals surface area contributed by atoms with E-state index in [1.807, 2.05) is 47.5 Å². The van der Waals surface area contributed by atoms with Gasteiger partial charge in [-0.05, 0) is 43.7 Å². The largest absolute Gasteiger partial charge is 0.235 e. The van der Waals surface area contributed by atoms with Crippen LogP contribution in [0.1, 0.15) is 23.1 Å². The number of benzene rings is 3. The van der Waals surface area contributed by atoms with Crippen molar-refractivity contribution >= 4 is 21.8 Å². The second-order valence-electron chi connectivity index (χ2n) is 7.02. The van der Waals surface area contributed by atoms with Crippen molar-refractivity contribution in [3.05, 3.63) is 95.6 Å². The number of rotatable bonds is 3. The van der Waals surface area contributed by atoms with Crippen LogP contribution in [0.5, 0.6) is 0 Å². The van der Waals surface area contributed by atoms with Gasteiger partial charge in [0.15, 0.2) is 6.17 Å². The second kappa shape index (κ2) is 6.30. The van der Waals surface area contributed by atoms with E-state index >= 15 is 0 Å². The van der Waals surface area contributed by atoms with Crippen LogP contribution >= 0.6 is 0 Å². The Labute approximate surface area is 161 Å². The molecule has 5 aromatic rings. The molecule has 0 radical (unpaired) electrons. The number of nitrogens with zero attached hydrogens (tertiary/aromatic N) is 4. The molecule has 0 aliphatic heterocycles. The molecule has 4 nitrogen and oxygen atoms in total. The zero-order chi connectivity index (χ0) is 19.3. The monoisotopic (exact) mass is 370 g/mol. The average Bonchev–Trinajstić information content (AvgIpc) is 3.22. The standard InChI is InChI=1S/C23H19FN4/c1-15-19-7-3-5-9-21(19)27(25-15)23(17-11-13-18(24)14-12-17)28-22-10-6-4-8-20(22)16(2)26-28/h3-14,23H,1-2H3. The molecule has 5 rings (SSSR count). The maximum Gasteiger partial charge on any atom is 0.170 e. The molecule has 138 valence electrons. The fraction of sp³-hybridized carbons (Fsp3) is 0.130. The van der Waals surface area contributed by atoms with E-state index in [0.717, 1.165) is 38.8 Å². The Kier molecular flexibility index (Phi) is 3.76. The number of para-hydroxylation sites is 2. The van der Waals surface area contributed by atoms with Gasteiger partial charge in [-0.3, -0.25) is 0 Å². The first kappa shape index (κ1) is 16.7. The molecular formula is C23H19FN4. The first-order valence-electron chi connectivity index (χ1n) is 9.26. The lowest BCUT2D eigenvalue weighted by atomic mass is 10.1. The normalized spacial score (nSPS) is 11.7. The molecule has 2 heterocycles. The summed E-state index contributed by atoms with van der Waals surface area (Å²) in [5.41, 5.74) is 4.87. The van der Waals surface area contributed by atoms with Crippen LogP contribution in [0.4, 0.5) is 4.39 Å². The van der Waals surface area contributed by atoms with E-state index in [2.05, 4.69) is 24.3 Å². The van der Waals surface area contributed by atoms with E-state index in [0.29, 0.717) is 0 Å². The van der Waals surface area contributed by atoms with Gasteiger partial charge in [-0.15, -0.1) is 0 Å². The molecule has 0 unspecified atom stereocenters. The maximum atomic E-state index is 13.6. The third-order valence-corrected chi connectivity index (χ3v) is 5.23. The molecule has 0 bridgehead atoms. The summed E-state index contributed by atoms with van der Waals surface area (Å²) < 4.78 is 17.6. The highest BCUT2D eigenvalue weighted by atomic mass is 19.1. The van der Waals surface area contributed by atoms with Gasteiger partial charge in [-0.25, -0.2) is 13.8 Å². The van der Waals surface area contributed by atoms with Crippen LogP contribution in [-0.4, -0.2) is 19.6 Å². The van der Waals surface area contributed by atoms with Crippen LogP contribution < -0.4 is 0 Å². The summed E-state index contributed by atoms with van der Waals surface area (Å²) in [6.07, 6.45) is -0.321. The van der Waals surface area contributed by atoms with E-state index < -0.39 is 0 Å². The van der Waals surface area contributed by atoms with Crippen molar-refractivity contribution in [2.45, 2.75) is 20.0 Å². The van der Waals surface area contributed by atoms with Crippen molar-refractivity contribution in [3.63, 3.8) is 0 Å². The Balaban J connectivity index is 1.84. The minimum atomic E-state index is -0.321. The van der Waals surface area contributed by atoms with Crippen molar-refractivity contribution in [1.29, 1.82) is 0 Å². The summed E-state index contributed by atoms with van der Waals surface area (Å²) in [4.78, 5) is 0. The fourth-order valence-electron chi connectivity index (χ4n) is 3.89. The smallest absolute Gasteiger partial charge is 0.170 e. The molecule has 0 atom stereocenters. The van der Waals surface area contributed by atoms with Crippen molar-refractivity contribution < 1.29 is 4.39 Å². The Bertz CT molecular complexity index is 1220. The number of halogens is 1. The van der Waals surface area contributed by atoms with Crippen molar-refractivity contribution in [2.75, 3.05) is 0 Å². The number of hydrogen-bond acceptors (Lipinski definition) is 2. The minimum Gasteiger partial charge on any atom is -0.235 e. The number of hydrogen-bond donors (Lipinski definition) is 0. The molecule has 0 saturated heterocycles. The van der Waals surface area contributed by atoms with E-state index in [4.69, 9.17) is 10.2 Å². The lowest BCUT2D eigenvalue weighted by molar-refractivity contribution is 0.438. The fourth-order valence-corrected chi connectivity index (χ4v) is 3.89. The molecule has 28 heavy (non-hydrogen) atoms. The van der Waals surface area contributed by atoms with E-state index in [9.17, 15) is 4.39 Å². The molecule has 0 spiro atoms. The van der Waals surface area contributed by atoms with Gasteiger partial charge in [0.2, 0.25) is 0 Å². The summed E-state index contributed by atoms with van der Waals surface area (Å²) in [5.74, 6) is -0.259. The van der Waals surface area contributed by atoms with Gasteiger partial charge in [0.05, 0.1) is 22.4 Å². The Morgan fingerprint density at radius 1 is 0.679 bits per heavy atom. The highest BCUT2D eigenvalue weighted by molar-refractivity contribution is 5.83. The summed E-state index contributed by atoms with van der Waals surface area (Å²) in [6, 6.07) is 22.9. The summed E-state index contributed by atoms with van der Waals surface area (Å²) in [7, 11) is 0. The third kappa shape index (κ3) is 2.51. The average molecular weight is 370 g/mol. The van der Waals surface area contributed by atoms with Gasteiger partial charge in [-0.2, -0.15) is 10.2 Å². The van der Waals surface area contributed by atoms with Gasteiger partial charge in [-0.1, -0.05) is 48.5 Å². The van der Waals surface area contributed by atoms with Crippen LogP contribution in [0.2, 0.25) is 0 Å². The molecule has 0 aliphatic rings. The zero-order valence-electron chi connectivity index (χ0n) is 15.7. The lowest BCUT2D eigenvalue weighted by Gasteiger charge is -2.21. The quantitative estimate of drug-likeness (QED) is 0.435. The first-order chi connectivity index (χ1) is 13.6. The highest BCUT2D eigenvalue weighted by Gasteiger charge is 2.23. The van der Waals surface area contributed by atoms with Crippen LogP contribution in [0, 0.1) is 19.7 Å². The molecule has 2 aromatic heterocycles. The van der Waals surface area contributed by atoms with Crippen LogP contribution in [0.15, 0.2) is 72.8 Å². The van der Waals surface area contributed by atoms with Crippen LogP contribution in [0.3, 0.4) is 0 Å². The van der Waals surface area contributed by atoms with Gasteiger partial charge in [0.1, 0.15) is 5.82 Å². The Hall–Kier alpha value is -3.47. The third-order valence-electron chi connectivity index (χ3n) is 5.23. The number of aryl methyl sites for hydroxylation is 2. The summed E-state index contributed by atoms with van der Waals surface area (Å²) in [5, 5.41) is 11.9. The van der Waals surface area contributed by atoms with Gasteiger partial charge >= 0.3 is 0 Å². The van der Waals surface area contributed by atoms with Crippen LogP contribution in [-0.2, 0) is 0 Å². The molecule has 0 N–H and O–H groups in total. The Morgan fingerprint density at radius 3 is 1.64 bits per heavy atom. The Morgan fingerprint density at radius 2 is 1.14 bits per heavy atom. The lowest BCUT2D eigenvalue weighted by Crippen LogP contribution is -2.22. The molecule has 0 fully saturated rings. The summed E-state index contributed by atoms with van der Waals surface area (Å²) >= 11 is 0. The number of aromatic nitrogens is 4. The van der Waals surface area contributed by atoms with E-state index in [-0.39, 0.29) is 12.0 Å². The molecule has 0 saturated carbocycles. The SMILES string of the molecule is Cc1nn(C(c2ccc(F)cc2)n2nc(C)c3ccccc32)c2ccccc12. The molecule has 0 amide bonds. The molecular weight excluding hydrogens is 351 g/mol. The summed E-state index contributed by atoms with van der Waals surface area (Å²) in [6.45, 7) is 4.01. The predicted molar refractivity (Wildman–Crippen MR) is 109 cm³/mol. The molecule has 0 aliphatic carbocycles. The van der Waals surface area contributed by atoms with Gasteiger partial charge in [0.25, 0.3) is 0 Å². The first-order valence-corrected chi connectivity index (χ1v) is 9.26.